The molecule has 0 radical (unpaired) electrons. The molecule has 16 heteroatoms. The van der Waals surface area contributed by atoms with Gasteiger partial charge in [0, 0.05) is 30.2 Å². The first kappa shape index (κ1) is 37.1. The van der Waals surface area contributed by atoms with Crippen molar-refractivity contribution in [2.24, 2.45) is 0 Å². The van der Waals surface area contributed by atoms with E-state index < -0.39 is 50.1 Å². The van der Waals surface area contributed by atoms with Crippen LogP contribution in [0.3, 0.4) is 0 Å². The van der Waals surface area contributed by atoms with Gasteiger partial charge in [-0.2, -0.15) is 0 Å². The number of carbonyl (C=O) groups is 5. The molecule has 0 amide bonds. The van der Waals surface area contributed by atoms with Gasteiger partial charge in [0.15, 0.2) is 12.3 Å². The maximum absolute atomic E-state index is 10.6. The summed E-state index contributed by atoms with van der Waals surface area (Å²) in [5.41, 5.74) is 0. The van der Waals surface area contributed by atoms with Crippen molar-refractivity contribution in [3.63, 3.8) is 0 Å². The third-order valence-electron chi connectivity index (χ3n) is 2.17. The van der Waals surface area contributed by atoms with Crippen molar-refractivity contribution in [2.45, 2.75) is 0 Å². The van der Waals surface area contributed by atoms with Gasteiger partial charge in [-0.1, -0.05) is 0 Å². The summed E-state index contributed by atoms with van der Waals surface area (Å²) >= 11 is -0.250. The second-order valence-corrected chi connectivity index (χ2v) is 4.24. The molecule has 0 saturated heterocycles. The van der Waals surface area contributed by atoms with E-state index in [0.717, 1.165) is 9.80 Å². The van der Waals surface area contributed by atoms with E-state index in [1.165, 1.54) is 0 Å². The summed E-state index contributed by atoms with van der Waals surface area (Å²) in [6, 6.07) is 0. The minimum absolute atomic E-state index is 0. The Morgan fingerprint density at radius 2 is 0.815 bits per heavy atom. The molecule has 0 unspecified atom stereocenters. The van der Waals surface area contributed by atoms with Crippen molar-refractivity contribution in [2.75, 3.05) is 39.3 Å². The molecular formula is C11H21FeN2NaO11S. The number of hydrogen-bond donors (Lipinski definition) is 6. The summed E-state index contributed by atoms with van der Waals surface area (Å²) in [7, 11) is 0. The molecule has 156 valence electrons. The SMILES string of the molecule is C=O.O=C(O)CN(CCN(CC(=O)O)CC(=O)O)CC(=O)O.OSO.[Fe].[NaH]. The summed E-state index contributed by atoms with van der Waals surface area (Å²) in [4.78, 5) is 52.4. The van der Waals surface area contributed by atoms with E-state index in [1.54, 1.807) is 0 Å². The van der Waals surface area contributed by atoms with Gasteiger partial charge in [-0.15, -0.1) is 0 Å². The van der Waals surface area contributed by atoms with E-state index in [1.807, 2.05) is 6.79 Å². The Bertz CT molecular complexity index is 365. The molecule has 0 aliphatic carbocycles. The molecule has 0 spiro atoms. The zero-order valence-electron chi connectivity index (χ0n) is 13.3. The second-order valence-electron chi connectivity index (χ2n) is 4.08. The molecular weight excluding hydrogens is 447 g/mol. The van der Waals surface area contributed by atoms with E-state index in [-0.39, 0.29) is 72.0 Å². The Balaban J connectivity index is -0.000000208. The minimum atomic E-state index is -1.23. The van der Waals surface area contributed by atoms with Gasteiger partial charge in [0.05, 0.1) is 26.2 Å². The van der Waals surface area contributed by atoms with Crippen molar-refractivity contribution < 1.29 is 70.6 Å². The Kier molecular flexibility index (Phi) is 34.7. The van der Waals surface area contributed by atoms with Gasteiger partial charge < -0.3 is 34.3 Å². The topological polar surface area (TPSA) is 213 Å². The zero-order chi connectivity index (χ0) is 20.4. The first-order valence-electron chi connectivity index (χ1n) is 6.18. The van der Waals surface area contributed by atoms with E-state index in [2.05, 4.69) is 0 Å². The molecule has 6 N–H and O–H groups in total. The molecule has 0 rings (SSSR count). The van der Waals surface area contributed by atoms with Gasteiger partial charge in [0.1, 0.15) is 6.79 Å². The Hall–Kier alpha value is -0.741. The van der Waals surface area contributed by atoms with Gasteiger partial charge in [-0.05, 0) is 0 Å². The van der Waals surface area contributed by atoms with Gasteiger partial charge in [0.25, 0.3) is 0 Å². The first-order chi connectivity index (χ1) is 11.6. The molecule has 0 aromatic rings. The van der Waals surface area contributed by atoms with Crippen molar-refractivity contribution in [3.8, 4) is 0 Å². The fourth-order valence-corrected chi connectivity index (χ4v) is 1.48. The number of carboxylic acids is 4. The number of carbonyl (C=O) groups excluding carboxylic acids is 1. The summed E-state index contributed by atoms with van der Waals surface area (Å²) in [6.45, 7) is -0.251. The third-order valence-corrected chi connectivity index (χ3v) is 2.17. The molecule has 0 heterocycles. The van der Waals surface area contributed by atoms with E-state index >= 15 is 0 Å². The molecule has 0 bridgehead atoms. The molecule has 13 nitrogen and oxygen atoms in total. The van der Waals surface area contributed by atoms with Gasteiger partial charge >= 0.3 is 53.4 Å². The molecule has 0 saturated carbocycles. The van der Waals surface area contributed by atoms with Crippen molar-refractivity contribution in [3.05, 3.63) is 0 Å². The maximum atomic E-state index is 10.6. The zero-order valence-corrected chi connectivity index (χ0v) is 15.3. The molecule has 27 heavy (non-hydrogen) atoms. The number of aliphatic carboxylic acids is 4. The van der Waals surface area contributed by atoms with Crippen LogP contribution >= 0.6 is 12.3 Å². The first-order valence-corrected chi connectivity index (χ1v) is 6.91. The van der Waals surface area contributed by atoms with E-state index in [0.29, 0.717) is 0 Å². The summed E-state index contributed by atoms with van der Waals surface area (Å²) in [5.74, 6) is -4.91. The van der Waals surface area contributed by atoms with Crippen LogP contribution in [0.5, 0.6) is 0 Å². The Morgan fingerprint density at radius 3 is 0.926 bits per heavy atom. The molecule has 0 aliphatic heterocycles. The van der Waals surface area contributed by atoms with Crippen LogP contribution in [0.2, 0.25) is 0 Å². The van der Waals surface area contributed by atoms with Crippen LogP contribution in [-0.4, -0.2) is 139 Å². The second kappa shape index (κ2) is 25.3. The van der Waals surface area contributed by atoms with Crippen LogP contribution in [0.1, 0.15) is 0 Å². The predicted octanol–water partition coefficient (Wildman–Crippen LogP) is -2.24. The van der Waals surface area contributed by atoms with Gasteiger partial charge in [0.2, 0.25) is 0 Å². The average Bonchev–Trinajstić information content (AvgIpc) is 2.45. The molecule has 0 aliphatic rings. The number of rotatable bonds is 11. The molecule has 0 fully saturated rings. The van der Waals surface area contributed by atoms with Crippen molar-refractivity contribution in [1.29, 1.82) is 0 Å². The van der Waals surface area contributed by atoms with Gasteiger partial charge in [-0.3, -0.25) is 29.0 Å². The molecule has 0 atom stereocenters. The van der Waals surface area contributed by atoms with Crippen LogP contribution in [-0.2, 0) is 41.0 Å². The van der Waals surface area contributed by atoms with Crippen molar-refractivity contribution in [1.82, 2.24) is 9.80 Å². The molecule has 0 aromatic heterocycles. The average molecular weight is 468 g/mol. The Morgan fingerprint density at radius 1 is 0.667 bits per heavy atom. The van der Waals surface area contributed by atoms with Crippen LogP contribution < -0.4 is 0 Å². The number of nitrogens with zero attached hydrogens (tertiary/aromatic N) is 2. The fourth-order valence-electron chi connectivity index (χ4n) is 1.48. The van der Waals surface area contributed by atoms with E-state index in [4.69, 9.17) is 34.3 Å². The van der Waals surface area contributed by atoms with Crippen LogP contribution in [0, 0.1) is 0 Å². The number of hydrogen-bond acceptors (Lipinski definition) is 10. The van der Waals surface area contributed by atoms with Crippen LogP contribution in [0.25, 0.3) is 0 Å². The monoisotopic (exact) mass is 468 g/mol. The predicted molar refractivity (Wildman–Crippen MR) is 90.5 cm³/mol. The Labute approximate surface area is 191 Å². The van der Waals surface area contributed by atoms with E-state index in [9.17, 15) is 19.2 Å². The normalized spacial score (nSPS) is 8.74. The molecule has 0 aromatic carbocycles. The van der Waals surface area contributed by atoms with Crippen LogP contribution in [0.15, 0.2) is 0 Å². The quantitative estimate of drug-likeness (QED) is 0.140. The van der Waals surface area contributed by atoms with Crippen molar-refractivity contribution >= 4 is 72.5 Å². The third kappa shape index (κ3) is 33.3. The summed E-state index contributed by atoms with van der Waals surface area (Å²) in [6.07, 6.45) is 0. The fraction of sp³-hybridized carbons (Fsp3) is 0.545. The standard InChI is InChI=1S/C10H16N2O8.CH2O.Fe.Na.H2O2S.H/c13-7(14)3-11(4-8(15)16)1-2-12(5-9(17)18)6-10(19)20;1-2;;;1-3-2;/h1-6H2,(H,13,14)(H,15,16)(H,17,18)(H,19,20);1H2;;;1-2H;. The summed E-state index contributed by atoms with van der Waals surface area (Å²) < 4.78 is 14.1. The number of carboxylic acid groups (broad SMARTS) is 4. The van der Waals surface area contributed by atoms with Gasteiger partial charge in [-0.25, -0.2) is 0 Å². The summed E-state index contributed by atoms with van der Waals surface area (Å²) in [5, 5.41) is 34.5. The van der Waals surface area contributed by atoms with Crippen LogP contribution in [0.4, 0.5) is 0 Å².